The molecule has 1 N–H and O–H groups in total. The molecule has 8 heteroatoms. The molecule has 0 saturated carbocycles. The summed E-state index contributed by atoms with van der Waals surface area (Å²) in [5.74, 6) is -0.443. The summed E-state index contributed by atoms with van der Waals surface area (Å²) < 4.78 is 17.8. The third-order valence-corrected chi connectivity index (χ3v) is 4.04. The number of epoxide rings is 1. The highest BCUT2D eigenvalue weighted by atomic mass is 16.7. The number of carbonyl (C=O) groups is 1. The molecule has 0 amide bonds. The first-order valence-electron chi connectivity index (χ1n) is 7.48. The van der Waals surface area contributed by atoms with Crippen molar-refractivity contribution in [3.8, 4) is 0 Å². The van der Waals surface area contributed by atoms with Crippen LogP contribution in [0.2, 0.25) is 0 Å². The number of H-pyrrole nitrogens is 1. The molecule has 1 aromatic heterocycles. The first kappa shape index (κ1) is 14.9. The third-order valence-electron chi connectivity index (χ3n) is 4.04. The minimum absolute atomic E-state index is 0.0312. The highest BCUT2D eigenvalue weighted by Crippen LogP contribution is 2.44. The molecule has 2 aromatic rings. The first-order valence-corrected chi connectivity index (χ1v) is 7.48. The molecule has 2 fully saturated rings. The van der Waals surface area contributed by atoms with E-state index >= 15 is 0 Å². The van der Waals surface area contributed by atoms with Gasteiger partial charge in [-0.2, -0.15) is 0 Å². The van der Waals surface area contributed by atoms with E-state index in [1.165, 1.54) is 16.8 Å². The second kappa shape index (κ2) is 5.73. The molecule has 4 rings (SSSR count). The Bertz CT molecular complexity index is 874. The molecule has 4 atom stereocenters. The van der Waals surface area contributed by atoms with Gasteiger partial charge < -0.3 is 14.2 Å². The summed E-state index contributed by atoms with van der Waals surface area (Å²) >= 11 is 0. The Morgan fingerprint density at radius 1 is 1.12 bits per heavy atom. The lowest BCUT2D eigenvalue weighted by molar-refractivity contribution is -0.0887. The molecular formula is C16H14N2O6. The number of nitrogens with zero attached hydrogens (tertiary/aromatic N) is 1. The van der Waals surface area contributed by atoms with Crippen LogP contribution in [0.5, 0.6) is 0 Å². The van der Waals surface area contributed by atoms with Gasteiger partial charge in [0.1, 0.15) is 24.9 Å². The average molecular weight is 330 g/mol. The van der Waals surface area contributed by atoms with Gasteiger partial charge in [0.15, 0.2) is 6.23 Å². The summed E-state index contributed by atoms with van der Waals surface area (Å²) in [6.45, 7) is 0.0312. The van der Waals surface area contributed by atoms with Gasteiger partial charge in [-0.3, -0.25) is 14.3 Å². The molecule has 0 aliphatic carbocycles. The molecule has 3 heterocycles. The van der Waals surface area contributed by atoms with Gasteiger partial charge in [-0.15, -0.1) is 0 Å². The van der Waals surface area contributed by atoms with Crippen LogP contribution in [0.25, 0.3) is 0 Å². The number of esters is 1. The van der Waals surface area contributed by atoms with E-state index in [1.807, 2.05) is 6.07 Å². The maximum Gasteiger partial charge on any atom is 0.338 e. The molecule has 1 aromatic carbocycles. The summed E-state index contributed by atoms with van der Waals surface area (Å²) in [6, 6.07) is 9.88. The van der Waals surface area contributed by atoms with Crippen LogP contribution in [0.15, 0.2) is 52.2 Å². The van der Waals surface area contributed by atoms with Crippen molar-refractivity contribution in [2.45, 2.75) is 24.5 Å². The van der Waals surface area contributed by atoms with Gasteiger partial charge in [0.25, 0.3) is 5.56 Å². The van der Waals surface area contributed by atoms with E-state index in [1.54, 1.807) is 24.3 Å². The Morgan fingerprint density at radius 2 is 1.92 bits per heavy atom. The number of nitrogens with one attached hydrogen (secondary N) is 1. The number of benzene rings is 1. The fourth-order valence-electron chi connectivity index (χ4n) is 2.80. The van der Waals surface area contributed by atoms with Crippen LogP contribution in [0.1, 0.15) is 16.6 Å². The van der Waals surface area contributed by atoms with Crippen LogP contribution in [0.3, 0.4) is 0 Å². The number of aromatic amines is 1. The Morgan fingerprint density at radius 3 is 2.67 bits per heavy atom. The van der Waals surface area contributed by atoms with Crippen LogP contribution in [0, 0.1) is 0 Å². The van der Waals surface area contributed by atoms with Crippen molar-refractivity contribution < 1.29 is 19.0 Å². The predicted molar refractivity (Wildman–Crippen MR) is 80.6 cm³/mol. The van der Waals surface area contributed by atoms with Crippen molar-refractivity contribution in [1.82, 2.24) is 9.55 Å². The van der Waals surface area contributed by atoms with Crippen molar-refractivity contribution in [2.75, 3.05) is 6.61 Å². The molecule has 2 aliphatic heterocycles. The SMILES string of the molecule is O=C(OC[C@H]1O[C@@H](n2ccc(=O)[nH]c2=O)[C@@H]2O[C@H]21)c1ccccc1. The minimum Gasteiger partial charge on any atom is -0.459 e. The second-order valence-electron chi connectivity index (χ2n) is 5.61. The molecule has 24 heavy (non-hydrogen) atoms. The van der Waals surface area contributed by atoms with E-state index in [2.05, 4.69) is 4.98 Å². The lowest BCUT2D eigenvalue weighted by Crippen LogP contribution is -2.34. The van der Waals surface area contributed by atoms with Crippen LogP contribution in [-0.2, 0) is 14.2 Å². The number of hydrogen-bond acceptors (Lipinski definition) is 6. The van der Waals surface area contributed by atoms with Gasteiger partial charge in [0.05, 0.1) is 5.56 Å². The number of carbonyl (C=O) groups excluding carboxylic acids is 1. The minimum atomic E-state index is -0.639. The smallest absolute Gasteiger partial charge is 0.338 e. The predicted octanol–water partition coefficient (Wildman–Crippen LogP) is 0.0584. The summed E-state index contributed by atoms with van der Waals surface area (Å²) in [5.41, 5.74) is -0.586. The van der Waals surface area contributed by atoms with Crippen LogP contribution in [-0.4, -0.2) is 40.4 Å². The van der Waals surface area contributed by atoms with Gasteiger partial charge >= 0.3 is 11.7 Å². The molecule has 2 saturated heterocycles. The Balaban J connectivity index is 1.42. The zero-order chi connectivity index (χ0) is 16.7. The van der Waals surface area contributed by atoms with Crippen LogP contribution < -0.4 is 11.2 Å². The second-order valence-corrected chi connectivity index (χ2v) is 5.61. The number of fused-ring (bicyclic) bond motifs is 1. The molecule has 0 unspecified atom stereocenters. The van der Waals surface area contributed by atoms with Gasteiger partial charge in [-0.05, 0) is 12.1 Å². The fourth-order valence-corrected chi connectivity index (χ4v) is 2.80. The maximum absolute atomic E-state index is 12.0. The Labute approximate surface area is 135 Å². The van der Waals surface area contributed by atoms with Crippen molar-refractivity contribution >= 4 is 5.97 Å². The zero-order valence-corrected chi connectivity index (χ0v) is 12.5. The number of hydrogen-bond donors (Lipinski definition) is 1. The normalized spacial score (nSPS) is 27.5. The van der Waals surface area contributed by atoms with E-state index < -0.39 is 29.6 Å². The monoisotopic (exact) mass is 330 g/mol. The first-order chi connectivity index (χ1) is 11.6. The molecule has 2 aliphatic rings. The standard InChI is InChI=1S/C16H14N2O6/c19-11-6-7-18(16(21)17-11)14-13-12(24-13)10(23-14)8-22-15(20)9-4-2-1-3-5-9/h1-7,10,12-14H,8H2,(H,17,19,21)/t10-,12+,13-,14-/m1/s1. The van der Waals surface area contributed by atoms with Gasteiger partial charge in [0.2, 0.25) is 0 Å². The average Bonchev–Trinajstić information content (AvgIpc) is 3.30. The van der Waals surface area contributed by atoms with Crippen molar-refractivity contribution in [2.24, 2.45) is 0 Å². The number of rotatable bonds is 4. The van der Waals surface area contributed by atoms with Crippen LogP contribution >= 0.6 is 0 Å². The quantitative estimate of drug-likeness (QED) is 0.628. The van der Waals surface area contributed by atoms with Gasteiger partial charge in [-0.25, -0.2) is 9.59 Å². The molecule has 0 bridgehead atoms. The Kier molecular flexibility index (Phi) is 3.55. The van der Waals surface area contributed by atoms with E-state index in [0.717, 1.165) is 0 Å². The van der Waals surface area contributed by atoms with E-state index in [0.29, 0.717) is 5.56 Å². The molecule has 8 nitrogen and oxygen atoms in total. The zero-order valence-electron chi connectivity index (χ0n) is 12.5. The van der Waals surface area contributed by atoms with Gasteiger partial charge in [0, 0.05) is 12.3 Å². The fraction of sp³-hybridized carbons (Fsp3) is 0.312. The Hall–Kier alpha value is -2.71. The highest BCUT2D eigenvalue weighted by molar-refractivity contribution is 5.89. The van der Waals surface area contributed by atoms with Gasteiger partial charge in [-0.1, -0.05) is 18.2 Å². The van der Waals surface area contributed by atoms with Crippen molar-refractivity contribution in [3.63, 3.8) is 0 Å². The van der Waals surface area contributed by atoms with E-state index in [4.69, 9.17) is 14.2 Å². The molecular weight excluding hydrogens is 316 g/mol. The summed E-state index contributed by atoms with van der Waals surface area (Å²) in [7, 11) is 0. The summed E-state index contributed by atoms with van der Waals surface area (Å²) in [5, 5.41) is 0. The van der Waals surface area contributed by atoms with E-state index in [-0.39, 0.29) is 18.8 Å². The molecule has 124 valence electrons. The lowest BCUT2D eigenvalue weighted by atomic mass is 10.2. The van der Waals surface area contributed by atoms with Crippen LogP contribution in [0.4, 0.5) is 0 Å². The van der Waals surface area contributed by atoms with E-state index in [9.17, 15) is 14.4 Å². The molecule has 0 radical (unpaired) electrons. The maximum atomic E-state index is 12.0. The summed E-state index contributed by atoms with van der Waals surface area (Å²) in [6.07, 6.45) is -0.235. The molecule has 0 spiro atoms. The number of ether oxygens (including phenoxy) is 3. The topological polar surface area (TPSA) is 103 Å². The third kappa shape index (κ3) is 2.66. The largest absolute Gasteiger partial charge is 0.459 e. The highest BCUT2D eigenvalue weighted by Gasteiger charge is 2.59. The summed E-state index contributed by atoms with van der Waals surface area (Å²) in [4.78, 5) is 37.1. The number of aromatic nitrogens is 2. The lowest BCUT2D eigenvalue weighted by Gasteiger charge is -2.18. The van der Waals surface area contributed by atoms with Crippen molar-refractivity contribution in [1.29, 1.82) is 0 Å². The van der Waals surface area contributed by atoms with Crippen molar-refractivity contribution in [3.05, 3.63) is 69.0 Å².